The van der Waals surface area contributed by atoms with E-state index in [1.54, 1.807) is 0 Å². The maximum Gasteiger partial charge on any atom is 0.0698 e. The van der Waals surface area contributed by atoms with E-state index < -0.39 is 16.4 Å². The minimum atomic E-state index is -0.643. The molecule has 92 valence electrons. The van der Waals surface area contributed by atoms with Gasteiger partial charge in [-0.05, 0) is 44.4 Å². The van der Waals surface area contributed by atoms with Crippen molar-refractivity contribution in [2.75, 3.05) is 0 Å². The van der Waals surface area contributed by atoms with Gasteiger partial charge in [0.1, 0.15) is 0 Å². The van der Waals surface area contributed by atoms with Gasteiger partial charge >= 0.3 is 0 Å². The maximum absolute atomic E-state index is 12.1. The Balaban J connectivity index is 1.80. The van der Waals surface area contributed by atoms with E-state index in [-0.39, 0.29) is 0 Å². The summed E-state index contributed by atoms with van der Waals surface area (Å²) in [5, 5.41) is 11.5. The summed E-state index contributed by atoms with van der Waals surface area (Å²) in [4.78, 5) is 0. The zero-order chi connectivity index (χ0) is 11.2. The Morgan fingerprint density at radius 2 is 1.50 bits per heavy atom. The first-order chi connectivity index (χ1) is 7.69. The summed E-state index contributed by atoms with van der Waals surface area (Å²) in [5.41, 5.74) is -0.458. The third-order valence-electron chi connectivity index (χ3n) is 4.99. The molecular formula is C13H22O2S. The first-order valence-electron chi connectivity index (χ1n) is 6.81. The van der Waals surface area contributed by atoms with Crippen LogP contribution in [0.1, 0.15) is 57.8 Å². The molecule has 1 saturated carbocycles. The Morgan fingerprint density at radius 1 is 0.938 bits per heavy atom. The highest BCUT2D eigenvalue weighted by atomic mass is 32.2. The molecule has 0 aromatic heterocycles. The molecule has 3 heteroatoms. The fourth-order valence-electron chi connectivity index (χ4n) is 4.11. The van der Waals surface area contributed by atoms with E-state index in [0.717, 1.165) is 25.7 Å². The molecule has 2 atom stereocenters. The number of fused-ring (bicyclic) bond motifs is 2. The van der Waals surface area contributed by atoms with Gasteiger partial charge in [-0.15, -0.1) is 0 Å². The van der Waals surface area contributed by atoms with Crippen LogP contribution >= 0.6 is 0 Å². The van der Waals surface area contributed by atoms with Crippen molar-refractivity contribution in [3.63, 3.8) is 0 Å². The van der Waals surface area contributed by atoms with E-state index in [2.05, 4.69) is 0 Å². The van der Waals surface area contributed by atoms with E-state index in [9.17, 15) is 9.32 Å². The normalized spacial score (nSPS) is 49.4. The lowest BCUT2D eigenvalue weighted by atomic mass is 9.76. The molecule has 2 saturated heterocycles. The van der Waals surface area contributed by atoms with Gasteiger partial charge in [-0.25, -0.2) is 0 Å². The molecule has 2 unspecified atom stereocenters. The van der Waals surface area contributed by atoms with Gasteiger partial charge in [-0.3, -0.25) is 4.21 Å². The summed E-state index contributed by atoms with van der Waals surface area (Å²) in [7, 11) is -0.643. The first-order valence-corrected chi connectivity index (χ1v) is 8.08. The Bertz CT molecular complexity index is 280. The van der Waals surface area contributed by atoms with Crippen molar-refractivity contribution in [1.82, 2.24) is 0 Å². The molecular weight excluding hydrogens is 220 g/mol. The summed E-state index contributed by atoms with van der Waals surface area (Å²) in [6, 6.07) is 0. The molecule has 2 aliphatic heterocycles. The smallest absolute Gasteiger partial charge is 0.0698 e. The second kappa shape index (κ2) is 4.09. The van der Waals surface area contributed by atoms with Gasteiger partial charge < -0.3 is 5.11 Å². The van der Waals surface area contributed by atoms with Crippen LogP contribution < -0.4 is 0 Å². The van der Waals surface area contributed by atoms with Crippen LogP contribution in [0.15, 0.2) is 0 Å². The summed E-state index contributed by atoms with van der Waals surface area (Å²) in [6.45, 7) is 0. The molecule has 2 bridgehead atoms. The highest BCUT2D eigenvalue weighted by Crippen LogP contribution is 2.47. The number of hydrogen-bond acceptors (Lipinski definition) is 2. The van der Waals surface area contributed by atoms with E-state index in [1.807, 2.05) is 0 Å². The molecule has 1 N–H and O–H groups in total. The summed E-state index contributed by atoms with van der Waals surface area (Å²) < 4.78 is 12.1. The molecule has 3 rings (SSSR count). The van der Waals surface area contributed by atoms with Gasteiger partial charge in [0.25, 0.3) is 0 Å². The van der Waals surface area contributed by atoms with E-state index in [1.165, 1.54) is 32.1 Å². The molecule has 16 heavy (non-hydrogen) atoms. The largest absolute Gasteiger partial charge is 0.390 e. The molecule has 0 aromatic rings. The lowest BCUT2D eigenvalue weighted by Gasteiger charge is -2.46. The minimum Gasteiger partial charge on any atom is -0.390 e. The lowest BCUT2D eigenvalue weighted by Crippen LogP contribution is -2.52. The van der Waals surface area contributed by atoms with Crippen LogP contribution in [0.5, 0.6) is 0 Å². The van der Waals surface area contributed by atoms with Gasteiger partial charge in [-0.2, -0.15) is 0 Å². The van der Waals surface area contributed by atoms with Crippen LogP contribution in [0.3, 0.4) is 0 Å². The van der Waals surface area contributed by atoms with Crippen molar-refractivity contribution in [2.24, 2.45) is 5.92 Å². The standard InChI is InChI=1S/C13H22O2S/c14-13(10-4-1-2-5-10)8-11-6-3-7-12(9-13)16(11)15/h10-12,14H,1-9H2. The van der Waals surface area contributed by atoms with E-state index in [0.29, 0.717) is 16.4 Å². The monoisotopic (exact) mass is 242 g/mol. The minimum absolute atomic E-state index is 0.304. The molecule has 0 radical (unpaired) electrons. The molecule has 3 aliphatic rings. The van der Waals surface area contributed by atoms with Gasteiger partial charge in [0.05, 0.1) is 5.60 Å². The van der Waals surface area contributed by atoms with Gasteiger partial charge in [0, 0.05) is 21.3 Å². The van der Waals surface area contributed by atoms with Crippen molar-refractivity contribution in [2.45, 2.75) is 73.9 Å². The number of rotatable bonds is 1. The fourth-order valence-corrected chi connectivity index (χ4v) is 6.36. The highest BCUT2D eigenvalue weighted by molar-refractivity contribution is 7.86. The Labute approximate surface area is 100 Å². The lowest BCUT2D eigenvalue weighted by molar-refractivity contribution is -0.0407. The van der Waals surface area contributed by atoms with Crippen molar-refractivity contribution in [3.05, 3.63) is 0 Å². The zero-order valence-electron chi connectivity index (χ0n) is 9.86. The summed E-state index contributed by atoms with van der Waals surface area (Å²) in [5.74, 6) is 0.507. The molecule has 0 amide bonds. The zero-order valence-corrected chi connectivity index (χ0v) is 10.7. The predicted octanol–water partition coefficient (Wildman–Crippen LogP) is 2.37. The molecule has 2 nitrogen and oxygen atoms in total. The van der Waals surface area contributed by atoms with Gasteiger partial charge in [-0.1, -0.05) is 19.3 Å². The van der Waals surface area contributed by atoms with Crippen LogP contribution in [0.25, 0.3) is 0 Å². The second-order valence-corrected chi connectivity index (χ2v) is 7.99. The molecule has 0 spiro atoms. The van der Waals surface area contributed by atoms with Crippen molar-refractivity contribution in [1.29, 1.82) is 0 Å². The summed E-state index contributed by atoms with van der Waals surface area (Å²) in [6.07, 6.45) is 9.99. The third-order valence-corrected chi connectivity index (χ3v) is 7.11. The average molecular weight is 242 g/mol. The molecule has 2 heterocycles. The van der Waals surface area contributed by atoms with Crippen LogP contribution in [0.2, 0.25) is 0 Å². The average Bonchev–Trinajstić information content (AvgIpc) is 2.74. The van der Waals surface area contributed by atoms with Crippen LogP contribution in [-0.2, 0) is 10.8 Å². The molecule has 0 aromatic carbocycles. The van der Waals surface area contributed by atoms with Gasteiger partial charge in [0.2, 0.25) is 0 Å². The van der Waals surface area contributed by atoms with Crippen molar-refractivity contribution >= 4 is 10.8 Å². The SMILES string of the molecule is O=S1C2CCCC1CC(O)(C1CCCC1)C2. The van der Waals surface area contributed by atoms with Crippen LogP contribution in [-0.4, -0.2) is 25.4 Å². The van der Waals surface area contributed by atoms with Crippen LogP contribution in [0, 0.1) is 5.92 Å². The summed E-state index contributed by atoms with van der Waals surface area (Å²) >= 11 is 0. The molecule has 1 aliphatic carbocycles. The molecule has 3 fully saturated rings. The maximum atomic E-state index is 12.1. The number of aliphatic hydroxyl groups is 1. The van der Waals surface area contributed by atoms with E-state index in [4.69, 9.17) is 0 Å². The third kappa shape index (κ3) is 1.76. The van der Waals surface area contributed by atoms with Crippen molar-refractivity contribution < 1.29 is 9.32 Å². The number of hydrogen-bond donors (Lipinski definition) is 1. The van der Waals surface area contributed by atoms with Crippen LogP contribution in [0.4, 0.5) is 0 Å². The van der Waals surface area contributed by atoms with Gasteiger partial charge in [0.15, 0.2) is 0 Å². The topological polar surface area (TPSA) is 37.3 Å². The Morgan fingerprint density at radius 3 is 2.06 bits per heavy atom. The highest BCUT2D eigenvalue weighted by Gasteiger charge is 2.49. The first kappa shape index (κ1) is 11.2. The second-order valence-electron chi connectivity index (χ2n) is 6.00. The Kier molecular flexibility index (Phi) is 2.87. The van der Waals surface area contributed by atoms with E-state index >= 15 is 0 Å². The van der Waals surface area contributed by atoms with Crippen molar-refractivity contribution in [3.8, 4) is 0 Å². The quantitative estimate of drug-likeness (QED) is 0.766. The fraction of sp³-hybridized carbons (Fsp3) is 1.00. The predicted molar refractivity (Wildman–Crippen MR) is 65.7 cm³/mol. The Hall–Kier alpha value is 0.110.